The monoisotopic (exact) mass is 535 g/mol. The van der Waals surface area contributed by atoms with Gasteiger partial charge in [-0.25, -0.2) is 9.78 Å². The summed E-state index contributed by atoms with van der Waals surface area (Å²) in [7, 11) is -0.0146. The maximum absolute atomic E-state index is 13.1. The summed E-state index contributed by atoms with van der Waals surface area (Å²) in [6, 6.07) is 13.4. The van der Waals surface area contributed by atoms with Crippen molar-refractivity contribution >= 4 is 34.4 Å². The van der Waals surface area contributed by atoms with Crippen molar-refractivity contribution in [2.24, 2.45) is 0 Å². The van der Waals surface area contributed by atoms with E-state index in [1.54, 1.807) is 17.0 Å². The molecule has 8 nitrogen and oxygen atoms in total. The number of imidazole rings is 1. The molecule has 38 heavy (non-hydrogen) atoms. The number of anilines is 1. The van der Waals surface area contributed by atoms with Crippen LogP contribution in [-0.4, -0.2) is 40.6 Å². The van der Waals surface area contributed by atoms with Crippen molar-refractivity contribution < 1.29 is 20.2 Å². The zero-order valence-electron chi connectivity index (χ0n) is 22.5. The van der Waals surface area contributed by atoms with Gasteiger partial charge in [0.15, 0.2) is 0 Å². The Morgan fingerprint density at radius 1 is 1.08 bits per heavy atom. The summed E-state index contributed by atoms with van der Waals surface area (Å²) in [6.07, 6.45) is 3.92. The van der Waals surface area contributed by atoms with Gasteiger partial charge in [0.1, 0.15) is 17.6 Å². The molecule has 6 rings (SSSR count). The number of fused-ring (bicyclic) bond motifs is 1. The van der Waals surface area contributed by atoms with Crippen LogP contribution in [0.1, 0.15) is 62.8 Å². The van der Waals surface area contributed by atoms with Crippen LogP contribution in [0, 0.1) is 13.8 Å². The second kappa shape index (κ2) is 10.1. The molecule has 2 fully saturated rings. The number of methoxy groups -OCH3 is 1. The fourth-order valence-electron chi connectivity index (χ4n) is 5.97. The van der Waals surface area contributed by atoms with E-state index >= 15 is 0 Å². The standard InChI is InChI=1S/C29H31ClN4O4/c1-17-27(18(2)38-32-17)19-4-13-25-24(16-19)31-28(33(25)21-9-11-23(36-3)12-10-21)26-14-15-37-29(35)34(26)22-7-5-20(30)6-8-22/h4-8,13,16,21,23,26H,9-12,14-15H2,1-3H3/t21?,23?,26-/m0/s1/i3D. The summed E-state index contributed by atoms with van der Waals surface area (Å²) in [6.45, 7) is 4.18. The van der Waals surface area contributed by atoms with Gasteiger partial charge in [-0.3, -0.25) is 4.90 Å². The minimum atomic E-state index is -0.392. The van der Waals surface area contributed by atoms with Crippen molar-refractivity contribution in [3.8, 4) is 11.1 Å². The highest BCUT2D eigenvalue weighted by atomic mass is 35.5. The van der Waals surface area contributed by atoms with E-state index in [0.717, 1.165) is 70.8 Å². The van der Waals surface area contributed by atoms with Crippen LogP contribution >= 0.6 is 11.6 Å². The van der Waals surface area contributed by atoms with E-state index in [-0.39, 0.29) is 25.3 Å². The highest BCUT2D eigenvalue weighted by Crippen LogP contribution is 2.41. The Balaban J connectivity index is 1.47. The summed E-state index contributed by atoms with van der Waals surface area (Å²) in [4.78, 5) is 20.0. The molecule has 2 aromatic carbocycles. The number of cyclic esters (lactones) is 1. The Morgan fingerprint density at radius 2 is 1.87 bits per heavy atom. The number of aromatic nitrogens is 3. The maximum atomic E-state index is 13.1. The molecule has 198 valence electrons. The van der Waals surface area contributed by atoms with Crippen LogP contribution in [0.15, 0.2) is 47.0 Å². The number of rotatable bonds is 5. The lowest BCUT2D eigenvalue weighted by molar-refractivity contribution is 0.0582. The molecular formula is C29H31ClN4O4. The van der Waals surface area contributed by atoms with Crippen LogP contribution in [0.4, 0.5) is 10.5 Å². The largest absolute Gasteiger partial charge is 0.449 e. The van der Waals surface area contributed by atoms with Crippen molar-refractivity contribution in [1.29, 1.82) is 0 Å². The first kappa shape index (κ1) is 23.7. The third-order valence-corrected chi connectivity index (χ3v) is 8.06. The average Bonchev–Trinajstić information content (AvgIpc) is 3.48. The molecule has 1 saturated heterocycles. The summed E-state index contributed by atoms with van der Waals surface area (Å²) in [5.41, 5.74) is 5.42. The Bertz CT molecular complexity index is 1470. The minimum Gasteiger partial charge on any atom is -0.449 e. The Kier molecular flexibility index (Phi) is 6.29. The third kappa shape index (κ3) is 4.35. The van der Waals surface area contributed by atoms with Crippen LogP contribution in [-0.2, 0) is 9.47 Å². The first-order valence-electron chi connectivity index (χ1n) is 13.7. The summed E-state index contributed by atoms with van der Waals surface area (Å²) in [5, 5.41) is 4.73. The first-order chi connectivity index (χ1) is 18.9. The van der Waals surface area contributed by atoms with Gasteiger partial charge in [-0.1, -0.05) is 22.8 Å². The van der Waals surface area contributed by atoms with Gasteiger partial charge in [0.2, 0.25) is 0 Å². The molecule has 0 spiro atoms. The molecule has 2 aromatic heterocycles. The molecule has 0 N–H and O–H groups in total. The number of hydrogen-bond donors (Lipinski definition) is 0. The van der Waals surface area contributed by atoms with Crippen molar-refractivity contribution in [2.75, 3.05) is 18.6 Å². The van der Waals surface area contributed by atoms with E-state index < -0.39 is 6.09 Å². The lowest BCUT2D eigenvalue weighted by Crippen LogP contribution is -2.42. The molecule has 3 heterocycles. The molecule has 1 saturated carbocycles. The van der Waals surface area contributed by atoms with E-state index in [4.69, 9.17) is 32.0 Å². The number of nitrogens with zero attached hydrogens (tertiary/aromatic N) is 4. The van der Waals surface area contributed by atoms with Gasteiger partial charge in [0.05, 0.1) is 30.8 Å². The number of ether oxygens (including phenoxy) is 2. The van der Waals surface area contributed by atoms with Crippen LogP contribution in [0.5, 0.6) is 0 Å². The smallest absolute Gasteiger partial charge is 0.414 e. The van der Waals surface area contributed by atoms with Gasteiger partial charge in [-0.2, -0.15) is 0 Å². The molecule has 9 heteroatoms. The molecule has 1 atom stereocenters. The quantitative estimate of drug-likeness (QED) is 0.269. The van der Waals surface area contributed by atoms with Crippen LogP contribution < -0.4 is 4.90 Å². The number of amides is 1. The third-order valence-electron chi connectivity index (χ3n) is 7.81. The molecule has 0 unspecified atom stereocenters. The van der Waals surface area contributed by atoms with Crippen molar-refractivity contribution in [1.82, 2.24) is 14.7 Å². The fraction of sp³-hybridized carbons (Fsp3) is 0.414. The first-order valence-corrected chi connectivity index (χ1v) is 13.4. The second-order valence-electron chi connectivity index (χ2n) is 10.1. The number of halogens is 1. The summed E-state index contributed by atoms with van der Waals surface area (Å²) in [5.74, 6) is 1.61. The van der Waals surface area contributed by atoms with Crippen LogP contribution in [0.25, 0.3) is 22.2 Å². The zero-order chi connectivity index (χ0) is 27.1. The van der Waals surface area contributed by atoms with E-state index in [9.17, 15) is 4.79 Å². The number of carbonyl (C=O) groups excluding carboxylic acids is 1. The lowest BCUT2D eigenvalue weighted by atomic mass is 9.92. The van der Waals surface area contributed by atoms with E-state index in [0.29, 0.717) is 18.1 Å². The molecule has 1 amide bonds. The lowest BCUT2D eigenvalue weighted by Gasteiger charge is -2.37. The van der Waals surface area contributed by atoms with Crippen molar-refractivity contribution in [2.45, 2.75) is 64.1 Å². The number of hydrogen-bond acceptors (Lipinski definition) is 6. The Labute approximate surface area is 227 Å². The van der Waals surface area contributed by atoms with Crippen molar-refractivity contribution in [3.63, 3.8) is 0 Å². The molecule has 0 radical (unpaired) electrons. The topological polar surface area (TPSA) is 82.6 Å². The summed E-state index contributed by atoms with van der Waals surface area (Å²) < 4.78 is 26.3. The predicted molar refractivity (Wildman–Crippen MR) is 146 cm³/mol. The molecule has 4 aromatic rings. The second-order valence-corrected chi connectivity index (χ2v) is 10.5. The molecule has 2 aliphatic rings. The van der Waals surface area contributed by atoms with Crippen LogP contribution in [0.2, 0.25) is 5.02 Å². The van der Waals surface area contributed by atoms with Crippen molar-refractivity contribution in [3.05, 3.63) is 64.8 Å². The number of carbonyl (C=O) groups is 1. The van der Waals surface area contributed by atoms with Gasteiger partial charge in [-0.05, 0) is 81.5 Å². The minimum absolute atomic E-state index is 0.0146. The molecule has 1 aliphatic heterocycles. The number of benzene rings is 2. The SMILES string of the molecule is [2H]COC1CCC(n2c([C@@H]3CCOC(=O)N3c3ccc(Cl)cc3)nc3cc(-c4c(C)noc4C)ccc32)CC1. The zero-order valence-corrected chi connectivity index (χ0v) is 22.3. The predicted octanol–water partition coefficient (Wildman–Crippen LogP) is 7.18. The highest BCUT2D eigenvalue weighted by Gasteiger charge is 2.37. The summed E-state index contributed by atoms with van der Waals surface area (Å²) >= 11 is 6.15. The molecule has 0 bridgehead atoms. The Hall–Kier alpha value is -3.36. The van der Waals surface area contributed by atoms with Gasteiger partial charge in [0.25, 0.3) is 0 Å². The fourth-order valence-corrected chi connectivity index (χ4v) is 6.10. The van der Waals surface area contributed by atoms with E-state index in [2.05, 4.69) is 27.9 Å². The van der Waals surface area contributed by atoms with Gasteiger partial charge < -0.3 is 18.6 Å². The molecular weight excluding hydrogens is 504 g/mol. The van der Waals surface area contributed by atoms with E-state index in [1.807, 2.05) is 26.0 Å². The maximum Gasteiger partial charge on any atom is 0.414 e. The van der Waals surface area contributed by atoms with Gasteiger partial charge >= 0.3 is 6.09 Å². The normalized spacial score (nSPS) is 22.5. The van der Waals surface area contributed by atoms with Gasteiger partial charge in [0, 0.05) is 35.8 Å². The van der Waals surface area contributed by atoms with Crippen LogP contribution in [0.3, 0.4) is 0 Å². The Morgan fingerprint density at radius 3 is 2.58 bits per heavy atom. The van der Waals surface area contributed by atoms with E-state index in [1.165, 1.54) is 0 Å². The average molecular weight is 536 g/mol. The number of aryl methyl sites for hydroxylation is 2. The van der Waals surface area contributed by atoms with Gasteiger partial charge in [-0.15, -0.1) is 0 Å². The molecule has 1 aliphatic carbocycles. The highest BCUT2D eigenvalue weighted by molar-refractivity contribution is 6.30.